The fourth-order valence-corrected chi connectivity index (χ4v) is 2.30. The predicted molar refractivity (Wildman–Crippen MR) is 87.6 cm³/mol. The number of nitrogens with one attached hydrogen (secondary N) is 1. The minimum atomic E-state index is -0.635. The summed E-state index contributed by atoms with van der Waals surface area (Å²) >= 11 is 11.8. The Bertz CT molecular complexity index is 567. The fraction of sp³-hybridized carbons (Fsp3) is 0.250. The standard InChI is InChI=1S/C16H17Cl2NO2/c1-11-2-4-16(5-3-11)21-10-15(20)9-19-14-7-12(17)6-13(18)8-14/h2-8,15,19-20H,9-10H2,1H3. The van der Waals surface area contributed by atoms with Crippen molar-refractivity contribution in [2.24, 2.45) is 0 Å². The van der Waals surface area contributed by atoms with Crippen LogP contribution in [0.2, 0.25) is 10.0 Å². The lowest BCUT2D eigenvalue weighted by Gasteiger charge is -2.14. The third-order valence-electron chi connectivity index (χ3n) is 2.87. The lowest BCUT2D eigenvalue weighted by atomic mass is 10.2. The van der Waals surface area contributed by atoms with Crippen LogP contribution in [0.1, 0.15) is 5.56 Å². The number of benzene rings is 2. The van der Waals surface area contributed by atoms with Gasteiger partial charge >= 0.3 is 0 Å². The molecule has 0 aromatic heterocycles. The third kappa shape index (κ3) is 5.46. The van der Waals surface area contributed by atoms with Crippen molar-refractivity contribution in [2.75, 3.05) is 18.5 Å². The lowest BCUT2D eigenvalue weighted by molar-refractivity contribution is 0.117. The Labute approximate surface area is 134 Å². The van der Waals surface area contributed by atoms with E-state index in [1.165, 1.54) is 5.56 Å². The number of ether oxygens (including phenoxy) is 1. The smallest absolute Gasteiger partial charge is 0.119 e. The molecule has 0 aliphatic heterocycles. The van der Waals surface area contributed by atoms with Gasteiger partial charge in [0.15, 0.2) is 0 Å². The van der Waals surface area contributed by atoms with E-state index in [0.717, 1.165) is 11.4 Å². The molecule has 1 atom stereocenters. The molecule has 0 fully saturated rings. The number of hydrogen-bond donors (Lipinski definition) is 2. The molecule has 0 aliphatic rings. The van der Waals surface area contributed by atoms with Gasteiger partial charge in [0.1, 0.15) is 18.5 Å². The highest BCUT2D eigenvalue weighted by Crippen LogP contribution is 2.22. The number of aryl methyl sites for hydroxylation is 1. The number of aliphatic hydroxyl groups is 1. The Morgan fingerprint density at radius 2 is 1.71 bits per heavy atom. The molecule has 0 radical (unpaired) electrons. The van der Waals surface area contributed by atoms with Crippen LogP contribution in [0.25, 0.3) is 0 Å². The van der Waals surface area contributed by atoms with E-state index in [2.05, 4.69) is 5.32 Å². The molecule has 0 spiro atoms. The molecule has 3 nitrogen and oxygen atoms in total. The molecular formula is C16H17Cl2NO2. The van der Waals surface area contributed by atoms with Gasteiger partial charge in [0, 0.05) is 22.3 Å². The minimum absolute atomic E-state index is 0.213. The van der Waals surface area contributed by atoms with Crippen molar-refractivity contribution in [3.05, 3.63) is 58.1 Å². The van der Waals surface area contributed by atoms with E-state index in [1.54, 1.807) is 18.2 Å². The summed E-state index contributed by atoms with van der Waals surface area (Å²) < 4.78 is 5.52. The summed E-state index contributed by atoms with van der Waals surface area (Å²) in [7, 11) is 0. The molecule has 2 rings (SSSR count). The van der Waals surface area contributed by atoms with Crippen LogP contribution < -0.4 is 10.1 Å². The average molecular weight is 326 g/mol. The number of halogens is 2. The molecular weight excluding hydrogens is 309 g/mol. The van der Waals surface area contributed by atoms with Crippen molar-refractivity contribution in [1.82, 2.24) is 0 Å². The summed E-state index contributed by atoms with van der Waals surface area (Å²) in [6.45, 7) is 2.57. The zero-order chi connectivity index (χ0) is 15.2. The van der Waals surface area contributed by atoms with Gasteiger partial charge in [0.2, 0.25) is 0 Å². The monoisotopic (exact) mass is 325 g/mol. The van der Waals surface area contributed by atoms with Crippen LogP contribution >= 0.6 is 23.2 Å². The van der Waals surface area contributed by atoms with Gasteiger partial charge in [0.05, 0.1) is 0 Å². The van der Waals surface area contributed by atoms with E-state index in [4.69, 9.17) is 27.9 Å². The quantitative estimate of drug-likeness (QED) is 0.838. The summed E-state index contributed by atoms with van der Waals surface area (Å²) in [5.74, 6) is 0.741. The zero-order valence-corrected chi connectivity index (χ0v) is 13.2. The van der Waals surface area contributed by atoms with Crippen LogP contribution in [0.5, 0.6) is 5.75 Å². The van der Waals surface area contributed by atoms with E-state index in [9.17, 15) is 5.11 Å². The summed E-state index contributed by atoms with van der Waals surface area (Å²) in [4.78, 5) is 0. The first-order valence-electron chi connectivity index (χ1n) is 6.60. The summed E-state index contributed by atoms with van der Waals surface area (Å²) in [6, 6.07) is 12.9. The molecule has 0 aliphatic carbocycles. The highest BCUT2D eigenvalue weighted by molar-refractivity contribution is 6.35. The molecule has 2 aromatic carbocycles. The molecule has 112 valence electrons. The van der Waals surface area contributed by atoms with Gasteiger partial charge in [-0.1, -0.05) is 40.9 Å². The molecule has 21 heavy (non-hydrogen) atoms. The summed E-state index contributed by atoms with van der Waals surface area (Å²) in [5.41, 5.74) is 1.93. The number of hydrogen-bond acceptors (Lipinski definition) is 3. The summed E-state index contributed by atoms with van der Waals surface area (Å²) in [6.07, 6.45) is -0.635. The van der Waals surface area contributed by atoms with Crippen LogP contribution in [0, 0.1) is 6.92 Å². The molecule has 0 amide bonds. The van der Waals surface area contributed by atoms with Gasteiger partial charge in [0.25, 0.3) is 0 Å². The molecule has 0 bridgehead atoms. The number of rotatable bonds is 6. The van der Waals surface area contributed by atoms with E-state index in [-0.39, 0.29) is 6.61 Å². The molecule has 1 unspecified atom stereocenters. The Morgan fingerprint density at radius 1 is 1.10 bits per heavy atom. The van der Waals surface area contributed by atoms with E-state index in [0.29, 0.717) is 16.6 Å². The maximum atomic E-state index is 9.91. The Hall–Kier alpha value is -1.42. The van der Waals surface area contributed by atoms with Crippen LogP contribution in [0.3, 0.4) is 0 Å². The third-order valence-corrected chi connectivity index (χ3v) is 3.30. The van der Waals surface area contributed by atoms with Crippen LogP contribution in [-0.4, -0.2) is 24.4 Å². The second-order valence-electron chi connectivity index (χ2n) is 4.82. The molecule has 5 heteroatoms. The first-order valence-corrected chi connectivity index (χ1v) is 7.36. The van der Waals surface area contributed by atoms with Crippen molar-refractivity contribution in [1.29, 1.82) is 0 Å². The van der Waals surface area contributed by atoms with Crippen molar-refractivity contribution < 1.29 is 9.84 Å². The summed E-state index contributed by atoms with van der Waals surface area (Å²) in [5, 5.41) is 14.1. The topological polar surface area (TPSA) is 41.5 Å². The van der Waals surface area contributed by atoms with Crippen LogP contribution in [-0.2, 0) is 0 Å². The van der Waals surface area contributed by atoms with Gasteiger partial charge < -0.3 is 15.2 Å². The van der Waals surface area contributed by atoms with Gasteiger partial charge in [-0.3, -0.25) is 0 Å². The van der Waals surface area contributed by atoms with Crippen molar-refractivity contribution in [2.45, 2.75) is 13.0 Å². The molecule has 0 saturated heterocycles. The number of anilines is 1. The SMILES string of the molecule is Cc1ccc(OCC(O)CNc2cc(Cl)cc(Cl)c2)cc1. The van der Waals surface area contributed by atoms with Crippen LogP contribution in [0.15, 0.2) is 42.5 Å². The van der Waals surface area contributed by atoms with Crippen molar-refractivity contribution >= 4 is 28.9 Å². The van der Waals surface area contributed by atoms with Gasteiger partial charge in [-0.25, -0.2) is 0 Å². The van der Waals surface area contributed by atoms with Gasteiger partial charge in [-0.2, -0.15) is 0 Å². The van der Waals surface area contributed by atoms with Crippen molar-refractivity contribution in [3.63, 3.8) is 0 Å². The highest BCUT2D eigenvalue weighted by atomic mass is 35.5. The molecule has 2 aromatic rings. The van der Waals surface area contributed by atoms with Gasteiger partial charge in [-0.15, -0.1) is 0 Å². The van der Waals surface area contributed by atoms with Gasteiger partial charge in [-0.05, 0) is 37.3 Å². The first kappa shape index (κ1) is 16.0. The first-order chi connectivity index (χ1) is 10.0. The number of aliphatic hydroxyl groups excluding tert-OH is 1. The molecule has 2 N–H and O–H groups in total. The van der Waals surface area contributed by atoms with E-state index >= 15 is 0 Å². The predicted octanol–water partition coefficient (Wildman–Crippen LogP) is 4.15. The fourth-order valence-electron chi connectivity index (χ4n) is 1.78. The van der Waals surface area contributed by atoms with E-state index < -0.39 is 6.10 Å². The maximum Gasteiger partial charge on any atom is 0.119 e. The average Bonchev–Trinajstić information content (AvgIpc) is 2.43. The second kappa shape index (κ2) is 7.55. The van der Waals surface area contributed by atoms with Crippen molar-refractivity contribution in [3.8, 4) is 5.75 Å². The zero-order valence-electron chi connectivity index (χ0n) is 11.6. The normalized spacial score (nSPS) is 12.0. The highest BCUT2D eigenvalue weighted by Gasteiger charge is 2.06. The maximum absolute atomic E-state index is 9.91. The molecule has 0 heterocycles. The Morgan fingerprint density at radius 3 is 2.33 bits per heavy atom. The Kier molecular flexibility index (Phi) is 5.74. The lowest BCUT2D eigenvalue weighted by Crippen LogP contribution is -2.26. The largest absolute Gasteiger partial charge is 0.491 e. The van der Waals surface area contributed by atoms with E-state index in [1.807, 2.05) is 31.2 Å². The minimum Gasteiger partial charge on any atom is -0.491 e. The Balaban J connectivity index is 1.79. The van der Waals surface area contributed by atoms with Crippen LogP contribution in [0.4, 0.5) is 5.69 Å². The second-order valence-corrected chi connectivity index (χ2v) is 5.69. The molecule has 0 saturated carbocycles.